The van der Waals surface area contributed by atoms with Crippen LogP contribution >= 0.6 is 0 Å². The number of Topliss-reactive ketones (excluding diaryl/α,β-unsaturated/α-hetero) is 1. The zero-order valence-electron chi connectivity index (χ0n) is 11.2. The van der Waals surface area contributed by atoms with E-state index in [0.717, 1.165) is 12.0 Å². The van der Waals surface area contributed by atoms with Gasteiger partial charge in [0, 0.05) is 12.3 Å². The van der Waals surface area contributed by atoms with Gasteiger partial charge in [0.05, 0.1) is 17.6 Å². The predicted molar refractivity (Wildman–Crippen MR) is 68.2 cm³/mol. The monoisotopic (exact) mass is 262 g/mol. The van der Waals surface area contributed by atoms with E-state index in [9.17, 15) is 14.7 Å². The van der Waals surface area contributed by atoms with Gasteiger partial charge in [-0.1, -0.05) is 26.0 Å². The Morgan fingerprint density at radius 2 is 2.16 bits per heavy atom. The summed E-state index contributed by atoms with van der Waals surface area (Å²) in [4.78, 5) is 23.9. The molecule has 0 saturated heterocycles. The van der Waals surface area contributed by atoms with Gasteiger partial charge in [-0.15, -0.1) is 0 Å². The van der Waals surface area contributed by atoms with Gasteiger partial charge in [0.1, 0.15) is 12.4 Å². The SMILES string of the molecule is CC1(C)CC(=O)C(C23C=CC2=C(CO)C(=O)OC3)C1. The lowest BCUT2D eigenvalue weighted by atomic mass is 9.60. The van der Waals surface area contributed by atoms with Crippen LogP contribution in [0.25, 0.3) is 0 Å². The van der Waals surface area contributed by atoms with Crippen LogP contribution in [0, 0.1) is 16.7 Å². The zero-order valence-corrected chi connectivity index (χ0v) is 11.2. The maximum Gasteiger partial charge on any atom is 0.336 e. The molecule has 2 aliphatic carbocycles. The van der Waals surface area contributed by atoms with Crippen LogP contribution in [0.3, 0.4) is 0 Å². The molecule has 3 rings (SSSR count). The first-order valence-electron chi connectivity index (χ1n) is 6.63. The predicted octanol–water partition coefficient (Wildman–Crippen LogP) is 1.39. The summed E-state index contributed by atoms with van der Waals surface area (Å²) in [5, 5.41) is 9.33. The van der Waals surface area contributed by atoms with Crippen molar-refractivity contribution < 1.29 is 19.4 Å². The van der Waals surface area contributed by atoms with Gasteiger partial charge in [-0.25, -0.2) is 4.79 Å². The summed E-state index contributed by atoms with van der Waals surface area (Å²) < 4.78 is 5.19. The highest BCUT2D eigenvalue weighted by Crippen LogP contribution is 2.56. The van der Waals surface area contributed by atoms with Crippen LogP contribution in [0.15, 0.2) is 23.3 Å². The van der Waals surface area contributed by atoms with E-state index in [1.165, 1.54) is 0 Å². The Labute approximate surface area is 112 Å². The number of ketones is 1. The number of ether oxygens (including phenoxy) is 1. The highest BCUT2D eigenvalue weighted by atomic mass is 16.5. The highest BCUT2D eigenvalue weighted by Gasteiger charge is 2.56. The molecule has 0 aromatic rings. The molecule has 1 saturated carbocycles. The molecule has 2 atom stereocenters. The van der Waals surface area contributed by atoms with Gasteiger partial charge >= 0.3 is 5.97 Å². The Kier molecular flexibility index (Phi) is 2.52. The standard InChI is InChI=1S/C15H18O4/c1-14(2)5-11(12(17)6-14)15-4-3-10(15)9(7-16)13(18)19-8-15/h3-4,11,16H,5-8H2,1-2H3. The molecule has 19 heavy (non-hydrogen) atoms. The lowest BCUT2D eigenvalue weighted by Gasteiger charge is -2.45. The fourth-order valence-electron chi connectivity index (χ4n) is 3.63. The first kappa shape index (κ1) is 12.6. The van der Waals surface area contributed by atoms with Crippen molar-refractivity contribution in [2.45, 2.75) is 26.7 Å². The van der Waals surface area contributed by atoms with E-state index < -0.39 is 11.4 Å². The van der Waals surface area contributed by atoms with Crippen LogP contribution in [0.5, 0.6) is 0 Å². The average Bonchev–Trinajstić information content (AvgIpc) is 2.57. The number of hydrogen-bond donors (Lipinski definition) is 1. The third-order valence-corrected chi connectivity index (χ3v) is 4.64. The molecule has 1 N–H and O–H groups in total. The summed E-state index contributed by atoms with van der Waals surface area (Å²) in [6.07, 6.45) is 5.18. The van der Waals surface area contributed by atoms with Crippen molar-refractivity contribution >= 4 is 11.8 Å². The number of fused-ring (bicyclic) bond motifs is 1. The van der Waals surface area contributed by atoms with E-state index in [4.69, 9.17) is 4.74 Å². The normalized spacial score (nSPS) is 36.1. The van der Waals surface area contributed by atoms with Crippen LogP contribution in [-0.4, -0.2) is 30.1 Å². The van der Waals surface area contributed by atoms with E-state index in [-0.39, 0.29) is 30.3 Å². The first-order valence-corrected chi connectivity index (χ1v) is 6.63. The number of aliphatic hydroxyl groups excluding tert-OH is 1. The maximum absolute atomic E-state index is 12.3. The van der Waals surface area contributed by atoms with Crippen molar-refractivity contribution in [3.8, 4) is 0 Å². The fourth-order valence-corrected chi connectivity index (χ4v) is 3.63. The molecular weight excluding hydrogens is 244 g/mol. The summed E-state index contributed by atoms with van der Waals surface area (Å²) >= 11 is 0. The van der Waals surface area contributed by atoms with Crippen molar-refractivity contribution in [1.82, 2.24) is 0 Å². The van der Waals surface area contributed by atoms with Gasteiger partial charge in [-0.3, -0.25) is 4.79 Å². The number of carbonyl (C=O) groups excluding carboxylic acids is 2. The van der Waals surface area contributed by atoms with E-state index in [1.54, 1.807) is 0 Å². The summed E-state index contributed by atoms with van der Waals surface area (Å²) in [7, 11) is 0. The minimum atomic E-state index is -0.475. The molecule has 0 radical (unpaired) electrons. The molecular formula is C15H18O4. The Bertz CT molecular complexity index is 526. The Balaban J connectivity index is 2.02. The summed E-state index contributed by atoms with van der Waals surface area (Å²) in [5.41, 5.74) is 0.649. The minimum Gasteiger partial charge on any atom is -0.461 e. The van der Waals surface area contributed by atoms with Gasteiger partial charge in [-0.2, -0.15) is 0 Å². The lowest BCUT2D eigenvalue weighted by Crippen LogP contribution is -2.47. The Hall–Kier alpha value is -1.42. The number of carbonyl (C=O) groups is 2. The second kappa shape index (κ2) is 3.79. The molecule has 102 valence electrons. The molecule has 3 aliphatic rings. The topological polar surface area (TPSA) is 63.6 Å². The van der Waals surface area contributed by atoms with Gasteiger partial charge in [-0.05, 0) is 17.4 Å². The number of aliphatic hydroxyl groups is 1. The van der Waals surface area contributed by atoms with Gasteiger partial charge < -0.3 is 9.84 Å². The Morgan fingerprint density at radius 3 is 2.63 bits per heavy atom. The minimum absolute atomic E-state index is 0.00583. The third-order valence-electron chi connectivity index (χ3n) is 4.64. The van der Waals surface area contributed by atoms with E-state index in [1.807, 2.05) is 12.2 Å². The molecule has 0 bridgehead atoms. The van der Waals surface area contributed by atoms with Crippen LogP contribution in [0.2, 0.25) is 0 Å². The smallest absolute Gasteiger partial charge is 0.336 e. The second-order valence-corrected chi connectivity index (χ2v) is 6.56. The van der Waals surface area contributed by atoms with Crippen molar-refractivity contribution in [3.63, 3.8) is 0 Å². The van der Waals surface area contributed by atoms with Crippen LogP contribution in [0.4, 0.5) is 0 Å². The third kappa shape index (κ3) is 1.62. The molecule has 1 heterocycles. The van der Waals surface area contributed by atoms with Gasteiger partial charge in [0.15, 0.2) is 0 Å². The highest BCUT2D eigenvalue weighted by molar-refractivity contribution is 5.94. The molecule has 0 aromatic carbocycles. The molecule has 4 heteroatoms. The summed E-state index contributed by atoms with van der Waals surface area (Å²) in [6.45, 7) is 4.09. The molecule has 1 aliphatic heterocycles. The van der Waals surface area contributed by atoms with Crippen LogP contribution in [0.1, 0.15) is 26.7 Å². The molecule has 0 amide bonds. The van der Waals surface area contributed by atoms with Crippen LogP contribution in [-0.2, 0) is 14.3 Å². The Morgan fingerprint density at radius 1 is 1.42 bits per heavy atom. The molecule has 0 spiro atoms. The van der Waals surface area contributed by atoms with Crippen molar-refractivity contribution in [3.05, 3.63) is 23.3 Å². The van der Waals surface area contributed by atoms with Crippen molar-refractivity contribution in [1.29, 1.82) is 0 Å². The van der Waals surface area contributed by atoms with Gasteiger partial charge in [0.2, 0.25) is 0 Å². The fraction of sp³-hybridized carbons (Fsp3) is 0.600. The van der Waals surface area contributed by atoms with Crippen molar-refractivity contribution in [2.24, 2.45) is 16.7 Å². The molecule has 4 nitrogen and oxygen atoms in total. The number of cyclic esters (lactones) is 1. The zero-order chi connectivity index (χ0) is 13.8. The lowest BCUT2D eigenvalue weighted by molar-refractivity contribution is -0.146. The molecule has 2 unspecified atom stereocenters. The van der Waals surface area contributed by atoms with Gasteiger partial charge in [0.25, 0.3) is 0 Å². The number of hydrogen-bond acceptors (Lipinski definition) is 4. The summed E-state index contributed by atoms with van der Waals surface area (Å²) in [6, 6.07) is 0. The largest absolute Gasteiger partial charge is 0.461 e. The molecule has 1 fully saturated rings. The van der Waals surface area contributed by atoms with E-state index in [2.05, 4.69) is 13.8 Å². The summed E-state index contributed by atoms with van der Waals surface area (Å²) in [5.74, 6) is -0.346. The quantitative estimate of drug-likeness (QED) is 0.764. The van der Waals surface area contributed by atoms with E-state index in [0.29, 0.717) is 12.0 Å². The molecule has 0 aromatic heterocycles. The van der Waals surface area contributed by atoms with Crippen molar-refractivity contribution in [2.75, 3.05) is 13.2 Å². The number of allylic oxidation sites excluding steroid dienone is 1. The second-order valence-electron chi connectivity index (χ2n) is 6.56. The first-order chi connectivity index (χ1) is 8.89. The van der Waals surface area contributed by atoms with Crippen LogP contribution < -0.4 is 0 Å². The number of esters is 1. The number of rotatable bonds is 2. The average molecular weight is 262 g/mol. The maximum atomic E-state index is 12.3. The van der Waals surface area contributed by atoms with E-state index >= 15 is 0 Å².